The van der Waals surface area contributed by atoms with E-state index in [-0.39, 0.29) is 11.8 Å². The van der Waals surface area contributed by atoms with Gasteiger partial charge in [0.2, 0.25) is 5.91 Å². The van der Waals surface area contributed by atoms with E-state index < -0.39 is 12.2 Å². The Morgan fingerprint density at radius 3 is 2.48 bits per heavy atom. The molecule has 0 N–H and O–H groups in total. The predicted molar refractivity (Wildman–Crippen MR) is 131 cm³/mol. The van der Waals surface area contributed by atoms with Gasteiger partial charge < -0.3 is 9.64 Å². The van der Waals surface area contributed by atoms with Crippen molar-refractivity contribution < 1.29 is 19.1 Å². The molecule has 9 heteroatoms. The summed E-state index contributed by atoms with van der Waals surface area (Å²) in [5.41, 5.74) is 1.52. The summed E-state index contributed by atoms with van der Waals surface area (Å²) < 4.78 is 7.05. The summed E-state index contributed by atoms with van der Waals surface area (Å²) in [6, 6.07) is 11.1. The van der Waals surface area contributed by atoms with Gasteiger partial charge >= 0.3 is 6.09 Å². The third-order valence-electron chi connectivity index (χ3n) is 4.93. The number of nitrogens with zero attached hydrogens (tertiary/aromatic N) is 3. The molecule has 1 saturated heterocycles. The molecule has 1 unspecified atom stereocenters. The highest BCUT2D eigenvalue weighted by atomic mass is 127. The quantitative estimate of drug-likeness (QED) is 0.339. The molecule has 1 aliphatic heterocycles. The van der Waals surface area contributed by atoms with Gasteiger partial charge in [0.25, 0.3) is 5.91 Å². The first kappa shape index (κ1) is 23.5. The molecule has 1 aromatic heterocycles. The van der Waals surface area contributed by atoms with Crippen LogP contribution in [-0.2, 0) is 9.53 Å². The van der Waals surface area contributed by atoms with Crippen molar-refractivity contribution in [1.29, 1.82) is 0 Å². The maximum atomic E-state index is 12.6. The van der Waals surface area contributed by atoms with Crippen LogP contribution in [0.4, 0.5) is 16.2 Å². The lowest BCUT2D eigenvalue weighted by molar-refractivity contribution is -0.118. The SMILES string of the molecule is CCCN(C(=O)CC)c1ccc(N2CC(CN(I)C(=O)c3ccc(C)s3)OC2=O)cc1. The lowest BCUT2D eigenvalue weighted by atomic mass is 10.2. The van der Waals surface area contributed by atoms with Gasteiger partial charge in [0, 0.05) is 29.2 Å². The Morgan fingerprint density at radius 1 is 1.19 bits per heavy atom. The molecular formula is C22H26IN3O4S. The second-order valence-corrected chi connectivity index (χ2v) is 9.74. The Morgan fingerprint density at radius 2 is 1.90 bits per heavy atom. The Balaban J connectivity index is 1.64. The maximum Gasteiger partial charge on any atom is 0.414 e. The zero-order valence-electron chi connectivity index (χ0n) is 17.8. The number of hydrogen-bond donors (Lipinski definition) is 0. The van der Waals surface area contributed by atoms with Gasteiger partial charge in [-0.2, -0.15) is 0 Å². The molecule has 0 saturated carbocycles. The van der Waals surface area contributed by atoms with E-state index >= 15 is 0 Å². The average molecular weight is 555 g/mol. The van der Waals surface area contributed by atoms with Gasteiger partial charge in [-0.25, -0.2) is 4.79 Å². The molecule has 0 aliphatic carbocycles. The highest BCUT2D eigenvalue weighted by molar-refractivity contribution is 14.1. The second-order valence-electron chi connectivity index (χ2n) is 7.29. The van der Waals surface area contributed by atoms with Gasteiger partial charge in [0.15, 0.2) is 0 Å². The van der Waals surface area contributed by atoms with E-state index in [1.54, 1.807) is 12.9 Å². The minimum atomic E-state index is -0.433. The largest absolute Gasteiger partial charge is 0.442 e. The zero-order valence-corrected chi connectivity index (χ0v) is 20.8. The fourth-order valence-corrected chi connectivity index (χ4v) is 5.06. The minimum Gasteiger partial charge on any atom is -0.442 e. The molecule has 1 atom stereocenters. The van der Waals surface area contributed by atoms with Crippen LogP contribution in [0.2, 0.25) is 0 Å². The van der Waals surface area contributed by atoms with Gasteiger partial charge in [-0.3, -0.25) is 17.6 Å². The molecule has 1 fully saturated rings. The zero-order chi connectivity index (χ0) is 22.5. The Hall–Kier alpha value is -2.14. The number of halogens is 1. The highest BCUT2D eigenvalue weighted by Gasteiger charge is 2.34. The van der Waals surface area contributed by atoms with Crippen LogP contribution in [0.15, 0.2) is 36.4 Å². The second kappa shape index (κ2) is 10.4. The number of rotatable bonds is 8. The summed E-state index contributed by atoms with van der Waals surface area (Å²) in [6.07, 6.45) is 0.465. The molecule has 3 amide bonds. The highest BCUT2D eigenvalue weighted by Crippen LogP contribution is 2.27. The monoisotopic (exact) mass is 555 g/mol. The van der Waals surface area contributed by atoms with Crippen molar-refractivity contribution in [1.82, 2.24) is 3.11 Å². The number of thiophene rings is 1. The van der Waals surface area contributed by atoms with Gasteiger partial charge in [-0.1, -0.05) is 13.8 Å². The van der Waals surface area contributed by atoms with Crippen molar-refractivity contribution in [3.05, 3.63) is 46.2 Å². The van der Waals surface area contributed by atoms with E-state index in [1.807, 2.05) is 80.0 Å². The van der Waals surface area contributed by atoms with Crippen LogP contribution in [0.3, 0.4) is 0 Å². The molecule has 1 aliphatic rings. The van der Waals surface area contributed by atoms with Gasteiger partial charge in [0.05, 0.1) is 40.8 Å². The average Bonchev–Trinajstić information content (AvgIpc) is 3.36. The standard InChI is InChI=1S/C22H26IN3O4S/c1-4-12-24(20(27)5-2)16-7-9-17(10-8-16)25-13-18(30-22(25)29)14-26(23)21(28)19-11-6-15(3)31-19/h6-11,18H,4-5,12-14H2,1-3H3. The first-order valence-corrected chi connectivity index (χ1v) is 12.0. The van der Waals surface area contributed by atoms with Gasteiger partial charge in [0.1, 0.15) is 6.10 Å². The number of amides is 3. The Labute approximate surface area is 200 Å². The molecule has 0 radical (unpaired) electrons. The number of ether oxygens (including phenoxy) is 1. The number of aryl methyl sites for hydroxylation is 1. The lowest BCUT2D eigenvalue weighted by Crippen LogP contribution is -2.32. The van der Waals surface area contributed by atoms with Crippen LogP contribution in [0.25, 0.3) is 0 Å². The van der Waals surface area contributed by atoms with E-state index in [9.17, 15) is 14.4 Å². The fraction of sp³-hybridized carbons (Fsp3) is 0.409. The van der Waals surface area contributed by atoms with Crippen LogP contribution in [0, 0.1) is 6.92 Å². The molecule has 1 aromatic carbocycles. The van der Waals surface area contributed by atoms with Crippen molar-refractivity contribution in [3.8, 4) is 0 Å². The third kappa shape index (κ3) is 5.57. The van der Waals surface area contributed by atoms with Crippen molar-refractivity contribution in [2.24, 2.45) is 0 Å². The summed E-state index contributed by atoms with van der Waals surface area (Å²) in [7, 11) is 0. The van der Waals surface area contributed by atoms with Crippen LogP contribution in [0.1, 0.15) is 41.2 Å². The fourth-order valence-electron chi connectivity index (χ4n) is 3.38. The summed E-state index contributed by atoms with van der Waals surface area (Å²) in [6.45, 7) is 7.17. The van der Waals surface area contributed by atoms with Gasteiger partial charge in [-0.15, -0.1) is 11.3 Å². The molecular weight excluding hydrogens is 529 g/mol. The van der Waals surface area contributed by atoms with Crippen molar-refractivity contribution in [3.63, 3.8) is 0 Å². The molecule has 31 heavy (non-hydrogen) atoms. The number of hydrogen-bond acceptors (Lipinski definition) is 5. The smallest absolute Gasteiger partial charge is 0.414 e. The summed E-state index contributed by atoms with van der Waals surface area (Å²) in [5, 5.41) is 0. The van der Waals surface area contributed by atoms with Crippen molar-refractivity contribution >= 4 is 63.5 Å². The number of cyclic esters (lactones) is 1. The molecule has 166 valence electrons. The molecule has 2 aromatic rings. The van der Waals surface area contributed by atoms with E-state index in [4.69, 9.17) is 4.74 Å². The van der Waals surface area contributed by atoms with Crippen LogP contribution in [-0.4, -0.2) is 46.8 Å². The summed E-state index contributed by atoms with van der Waals surface area (Å²) in [4.78, 5) is 42.3. The van der Waals surface area contributed by atoms with E-state index in [1.165, 1.54) is 11.3 Å². The normalized spacial score (nSPS) is 15.7. The van der Waals surface area contributed by atoms with Crippen molar-refractivity contribution in [2.45, 2.75) is 39.7 Å². The number of anilines is 2. The third-order valence-corrected chi connectivity index (χ3v) is 6.75. The van der Waals surface area contributed by atoms with Crippen LogP contribution < -0.4 is 9.80 Å². The Kier molecular flexibility index (Phi) is 7.93. The van der Waals surface area contributed by atoms with E-state index in [0.717, 1.165) is 17.0 Å². The minimum absolute atomic E-state index is 0.0722. The van der Waals surface area contributed by atoms with Crippen LogP contribution >= 0.6 is 34.2 Å². The van der Waals surface area contributed by atoms with E-state index in [0.29, 0.717) is 36.6 Å². The summed E-state index contributed by atoms with van der Waals surface area (Å²) in [5.74, 6) is -0.0165. The molecule has 7 nitrogen and oxygen atoms in total. The molecule has 2 heterocycles. The Bertz CT molecular complexity index is 946. The van der Waals surface area contributed by atoms with Crippen LogP contribution in [0.5, 0.6) is 0 Å². The molecule has 0 spiro atoms. The first-order valence-electron chi connectivity index (χ1n) is 10.3. The number of benzene rings is 1. The lowest BCUT2D eigenvalue weighted by Gasteiger charge is -2.22. The topological polar surface area (TPSA) is 70.2 Å². The van der Waals surface area contributed by atoms with Crippen molar-refractivity contribution in [2.75, 3.05) is 29.4 Å². The van der Waals surface area contributed by atoms with E-state index in [2.05, 4.69) is 0 Å². The maximum absolute atomic E-state index is 12.6. The molecule has 3 rings (SSSR count). The predicted octanol–water partition coefficient (Wildman–Crippen LogP) is 5.03. The number of carbonyl (C=O) groups excluding carboxylic acids is 3. The first-order chi connectivity index (χ1) is 14.8. The van der Waals surface area contributed by atoms with Gasteiger partial charge in [-0.05, 0) is 49.7 Å². The number of carbonyl (C=O) groups is 3. The summed E-state index contributed by atoms with van der Waals surface area (Å²) >= 11 is 3.42. The molecule has 0 bridgehead atoms.